The van der Waals surface area contributed by atoms with Gasteiger partial charge in [-0.2, -0.15) is 0 Å². The summed E-state index contributed by atoms with van der Waals surface area (Å²) in [6, 6.07) is 0. The fourth-order valence-corrected chi connectivity index (χ4v) is 2.22. The number of ether oxygens (including phenoxy) is 1. The number of alkyl halides is 1. The van der Waals surface area contributed by atoms with Gasteiger partial charge in [0, 0.05) is 12.3 Å². The summed E-state index contributed by atoms with van der Waals surface area (Å²) in [6.07, 6.45) is 13.9. The van der Waals surface area contributed by atoms with E-state index in [1.54, 1.807) is 0 Å². The van der Waals surface area contributed by atoms with Gasteiger partial charge in [-0.05, 0) is 19.3 Å². The molecule has 0 aromatic carbocycles. The van der Waals surface area contributed by atoms with Crippen LogP contribution < -0.4 is 0 Å². The smallest absolute Gasteiger partial charge is 0.305 e. The second kappa shape index (κ2) is 15.8. The van der Waals surface area contributed by atoms with Crippen LogP contribution in [-0.2, 0) is 9.53 Å². The summed E-state index contributed by atoms with van der Waals surface area (Å²) in [5, 5.41) is 0. The molecule has 0 saturated carbocycles. The Morgan fingerprint density at radius 2 is 1.42 bits per heavy atom. The number of rotatable bonds is 14. The highest BCUT2D eigenvalue weighted by Crippen LogP contribution is 2.09. The highest BCUT2D eigenvalue weighted by atomic mass is 35.5. The monoisotopic (exact) mass is 290 g/mol. The molecule has 0 saturated heterocycles. The van der Waals surface area contributed by atoms with Gasteiger partial charge in [-0.25, -0.2) is 0 Å². The molecular weight excluding hydrogens is 260 g/mol. The van der Waals surface area contributed by atoms with Crippen molar-refractivity contribution < 1.29 is 9.53 Å². The highest BCUT2D eigenvalue weighted by Gasteiger charge is 2.01. The average Bonchev–Trinajstić information content (AvgIpc) is 2.41. The molecule has 0 aliphatic heterocycles. The SMILES string of the molecule is CCCCCCCCCCCOC(=O)CCCCCl. The second-order valence-corrected chi connectivity index (χ2v) is 5.57. The zero-order valence-electron chi connectivity index (χ0n) is 12.6. The van der Waals surface area contributed by atoms with Gasteiger partial charge in [-0.15, -0.1) is 11.6 Å². The number of hydrogen-bond donors (Lipinski definition) is 0. The lowest BCUT2D eigenvalue weighted by Crippen LogP contribution is -2.05. The molecule has 0 rings (SSSR count). The lowest BCUT2D eigenvalue weighted by atomic mass is 10.1. The molecule has 0 bridgehead atoms. The molecular formula is C16H31ClO2. The Balaban J connectivity index is 3.07. The van der Waals surface area contributed by atoms with Gasteiger partial charge in [0.15, 0.2) is 0 Å². The normalized spacial score (nSPS) is 10.6. The van der Waals surface area contributed by atoms with Crippen LogP contribution in [0, 0.1) is 0 Å². The van der Waals surface area contributed by atoms with Gasteiger partial charge in [0.1, 0.15) is 0 Å². The van der Waals surface area contributed by atoms with E-state index in [0.29, 0.717) is 18.9 Å². The molecule has 0 aromatic heterocycles. The third-order valence-corrected chi connectivity index (χ3v) is 3.54. The van der Waals surface area contributed by atoms with Crippen molar-refractivity contribution in [1.29, 1.82) is 0 Å². The van der Waals surface area contributed by atoms with E-state index in [9.17, 15) is 4.79 Å². The van der Waals surface area contributed by atoms with Gasteiger partial charge in [0.2, 0.25) is 0 Å². The number of hydrogen-bond acceptors (Lipinski definition) is 2. The maximum Gasteiger partial charge on any atom is 0.305 e. The van der Waals surface area contributed by atoms with Crippen molar-refractivity contribution >= 4 is 17.6 Å². The Morgan fingerprint density at radius 1 is 0.842 bits per heavy atom. The van der Waals surface area contributed by atoms with Crippen LogP contribution >= 0.6 is 11.6 Å². The maximum atomic E-state index is 11.3. The van der Waals surface area contributed by atoms with E-state index < -0.39 is 0 Å². The molecule has 0 heterocycles. The van der Waals surface area contributed by atoms with E-state index in [4.69, 9.17) is 16.3 Å². The Kier molecular flexibility index (Phi) is 15.6. The summed E-state index contributed by atoms with van der Waals surface area (Å²) in [7, 11) is 0. The van der Waals surface area contributed by atoms with Gasteiger partial charge in [0.25, 0.3) is 0 Å². The van der Waals surface area contributed by atoms with Crippen LogP contribution in [0.4, 0.5) is 0 Å². The molecule has 19 heavy (non-hydrogen) atoms. The van der Waals surface area contributed by atoms with Crippen molar-refractivity contribution in [1.82, 2.24) is 0 Å². The fraction of sp³-hybridized carbons (Fsp3) is 0.938. The van der Waals surface area contributed by atoms with E-state index in [2.05, 4.69) is 6.92 Å². The number of halogens is 1. The van der Waals surface area contributed by atoms with Crippen LogP contribution in [0.15, 0.2) is 0 Å². The molecule has 114 valence electrons. The molecule has 0 aliphatic rings. The molecule has 0 spiro atoms. The number of carbonyl (C=O) groups is 1. The van der Waals surface area contributed by atoms with Crippen LogP contribution in [0.3, 0.4) is 0 Å². The summed E-state index contributed by atoms with van der Waals surface area (Å²) in [6.45, 7) is 2.84. The van der Waals surface area contributed by atoms with Crippen molar-refractivity contribution in [2.75, 3.05) is 12.5 Å². The largest absolute Gasteiger partial charge is 0.466 e. The van der Waals surface area contributed by atoms with E-state index in [-0.39, 0.29) is 5.97 Å². The van der Waals surface area contributed by atoms with Crippen molar-refractivity contribution in [3.05, 3.63) is 0 Å². The van der Waals surface area contributed by atoms with Crippen LogP contribution in [0.5, 0.6) is 0 Å². The Bertz CT molecular complexity index is 195. The van der Waals surface area contributed by atoms with Crippen molar-refractivity contribution in [2.24, 2.45) is 0 Å². The topological polar surface area (TPSA) is 26.3 Å². The van der Waals surface area contributed by atoms with Crippen molar-refractivity contribution in [3.8, 4) is 0 Å². The van der Waals surface area contributed by atoms with Crippen LogP contribution in [0.25, 0.3) is 0 Å². The average molecular weight is 291 g/mol. The third-order valence-electron chi connectivity index (χ3n) is 3.28. The van der Waals surface area contributed by atoms with Crippen molar-refractivity contribution in [2.45, 2.75) is 84.0 Å². The standard InChI is InChI=1S/C16H31ClO2/c1-2-3-4-5-6-7-8-9-12-15-19-16(18)13-10-11-14-17/h2-15H2,1H3. The van der Waals surface area contributed by atoms with Gasteiger partial charge in [0.05, 0.1) is 6.61 Å². The van der Waals surface area contributed by atoms with Gasteiger partial charge < -0.3 is 4.74 Å². The summed E-state index contributed by atoms with van der Waals surface area (Å²) in [5.74, 6) is 0.565. The summed E-state index contributed by atoms with van der Waals surface area (Å²) < 4.78 is 5.17. The Morgan fingerprint density at radius 3 is 2.00 bits per heavy atom. The number of esters is 1. The predicted molar refractivity (Wildman–Crippen MR) is 82.8 cm³/mol. The zero-order chi connectivity index (χ0) is 14.2. The molecule has 3 heteroatoms. The molecule has 0 fully saturated rings. The van der Waals surface area contributed by atoms with Crippen LogP contribution in [0.2, 0.25) is 0 Å². The predicted octanol–water partition coefficient (Wildman–Crippen LogP) is 5.47. The first-order chi connectivity index (χ1) is 9.31. The minimum atomic E-state index is -0.0651. The lowest BCUT2D eigenvalue weighted by molar-refractivity contribution is -0.143. The summed E-state index contributed by atoms with van der Waals surface area (Å²) in [4.78, 5) is 11.3. The molecule has 0 atom stereocenters. The first-order valence-electron chi connectivity index (χ1n) is 8.02. The molecule has 0 aromatic rings. The van der Waals surface area contributed by atoms with E-state index >= 15 is 0 Å². The quantitative estimate of drug-likeness (QED) is 0.241. The summed E-state index contributed by atoms with van der Waals surface area (Å²) >= 11 is 5.55. The molecule has 0 N–H and O–H groups in total. The first-order valence-corrected chi connectivity index (χ1v) is 8.56. The van der Waals surface area contributed by atoms with Crippen molar-refractivity contribution in [3.63, 3.8) is 0 Å². The fourth-order valence-electron chi connectivity index (χ4n) is 2.03. The molecule has 0 unspecified atom stereocenters. The first kappa shape index (κ1) is 18.8. The van der Waals surface area contributed by atoms with E-state index in [1.807, 2.05) is 0 Å². The van der Waals surface area contributed by atoms with Gasteiger partial charge in [-0.1, -0.05) is 58.3 Å². The molecule has 0 radical (unpaired) electrons. The van der Waals surface area contributed by atoms with Gasteiger partial charge >= 0.3 is 5.97 Å². The molecule has 2 nitrogen and oxygen atoms in total. The van der Waals surface area contributed by atoms with E-state index in [1.165, 1.54) is 51.4 Å². The van der Waals surface area contributed by atoms with Crippen LogP contribution in [0.1, 0.15) is 84.0 Å². The minimum Gasteiger partial charge on any atom is -0.466 e. The minimum absolute atomic E-state index is 0.0651. The summed E-state index contributed by atoms with van der Waals surface area (Å²) in [5.41, 5.74) is 0. The number of carbonyl (C=O) groups excluding carboxylic acids is 1. The van der Waals surface area contributed by atoms with Gasteiger partial charge in [-0.3, -0.25) is 4.79 Å². The molecule has 0 amide bonds. The maximum absolute atomic E-state index is 11.3. The van der Waals surface area contributed by atoms with E-state index in [0.717, 1.165) is 19.3 Å². The Hall–Kier alpha value is -0.240. The third kappa shape index (κ3) is 15.7. The molecule has 0 aliphatic carbocycles. The zero-order valence-corrected chi connectivity index (χ0v) is 13.3. The Labute approximate surface area is 124 Å². The lowest BCUT2D eigenvalue weighted by Gasteiger charge is -2.04. The second-order valence-electron chi connectivity index (χ2n) is 5.19. The number of unbranched alkanes of at least 4 members (excludes halogenated alkanes) is 9. The highest BCUT2D eigenvalue weighted by molar-refractivity contribution is 6.17. The van der Waals surface area contributed by atoms with Crippen LogP contribution in [-0.4, -0.2) is 18.5 Å².